The molecule has 0 unspecified atom stereocenters. The predicted molar refractivity (Wildman–Crippen MR) is 132 cm³/mol. The Morgan fingerprint density at radius 2 is 1.50 bits per heavy atom. The molecule has 0 bridgehead atoms. The second kappa shape index (κ2) is 9.10. The van der Waals surface area contributed by atoms with Crippen LogP contribution in [0.5, 0.6) is 28.7 Å². The standard InChI is InChI=1S/C26H25BrN2O5/c1-30-22-8-5-15(11-24(22)32-3)19-14-20-18-13-17(27)7-10-21(18)34-26(29(20)28-19)16-6-9-23(31-2)25(12-16)33-4/h5-13,20,26H,14H2,1-4H3/t20-,26+/m1/s1. The van der Waals surface area contributed by atoms with Crippen LogP contribution in [0, 0.1) is 0 Å². The lowest BCUT2D eigenvalue weighted by molar-refractivity contribution is -0.0192. The Kier molecular flexibility index (Phi) is 6.00. The van der Waals surface area contributed by atoms with Crippen molar-refractivity contribution in [1.29, 1.82) is 0 Å². The molecule has 0 spiro atoms. The van der Waals surface area contributed by atoms with E-state index < -0.39 is 6.23 Å². The molecule has 34 heavy (non-hydrogen) atoms. The Hall–Kier alpha value is -3.39. The third kappa shape index (κ3) is 3.81. The Morgan fingerprint density at radius 3 is 2.21 bits per heavy atom. The van der Waals surface area contributed by atoms with Gasteiger partial charge in [0.2, 0.25) is 6.23 Å². The van der Waals surface area contributed by atoms with Gasteiger partial charge in [0.05, 0.1) is 40.2 Å². The predicted octanol–water partition coefficient (Wildman–Crippen LogP) is 5.73. The Bertz CT molecular complexity index is 1260. The van der Waals surface area contributed by atoms with E-state index >= 15 is 0 Å². The van der Waals surface area contributed by atoms with Crippen LogP contribution >= 0.6 is 15.9 Å². The third-order valence-corrected chi connectivity index (χ3v) is 6.65. The highest BCUT2D eigenvalue weighted by molar-refractivity contribution is 9.10. The Labute approximate surface area is 207 Å². The molecule has 0 amide bonds. The smallest absolute Gasteiger partial charge is 0.214 e. The van der Waals surface area contributed by atoms with Crippen molar-refractivity contribution in [1.82, 2.24) is 5.01 Å². The molecule has 3 aromatic rings. The second-order valence-electron chi connectivity index (χ2n) is 7.98. The molecule has 2 atom stereocenters. The lowest BCUT2D eigenvalue weighted by atomic mass is 9.95. The van der Waals surface area contributed by atoms with Gasteiger partial charge in [-0.2, -0.15) is 5.10 Å². The molecule has 5 rings (SSSR count). The van der Waals surface area contributed by atoms with Crippen LogP contribution in [-0.4, -0.2) is 39.2 Å². The minimum Gasteiger partial charge on any atom is -0.493 e. The number of hydrazone groups is 1. The van der Waals surface area contributed by atoms with Crippen molar-refractivity contribution < 1.29 is 23.7 Å². The van der Waals surface area contributed by atoms with Crippen molar-refractivity contribution in [3.8, 4) is 28.7 Å². The number of benzene rings is 3. The van der Waals surface area contributed by atoms with E-state index in [-0.39, 0.29) is 6.04 Å². The molecule has 176 valence electrons. The molecular formula is C26H25BrN2O5. The Balaban J connectivity index is 1.59. The first-order chi connectivity index (χ1) is 16.6. The van der Waals surface area contributed by atoms with Gasteiger partial charge in [0.25, 0.3) is 0 Å². The molecule has 0 N–H and O–H groups in total. The van der Waals surface area contributed by atoms with Crippen LogP contribution in [0.25, 0.3) is 0 Å². The second-order valence-corrected chi connectivity index (χ2v) is 8.90. The van der Waals surface area contributed by atoms with Crippen LogP contribution in [0.1, 0.15) is 35.4 Å². The number of hydrogen-bond donors (Lipinski definition) is 0. The summed E-state index contributed by atoms with van der Waals surface area (Å²) >= 11 is 3.60. The van der Waals surface area contributed by atoms with Gasteiger partial charge in [-0.1, -0.05) is 15.9 Å². The molecule has 7 nitrogen and oxygen atoms in total. The van der Waals surface area contributed by atoms with Crippen molar-refractivity contribution in [3.05, 3.63) is 75.8 Å². The molecule has 8 heteroatoms. The Morgan fingerprint density at radius 1 is 0.824 bits per heavy atom. The maximum absolute atomic E-state index is 6.48. The van der Waals surface area contributed by atoms with Crippen molar-refractivity contribution in [3.63, 3.8) is 0 Å². The molecule has 0 aliphatic carbocycles. The van der Waals surface area contributed by atoms with Crippen molar-refractivity contribution in [2.24, 2.45) is 5.10 Å². The van der Waals surface area contributed by atoms with E-state index in [0.29, 0.717) is 23.0 Å². The number of hydrogen-bond acceptors (Lipinski definition) is 7. The SMILES string of the molecule is COc1ccc(C2=NN3[C@H](C2)c2cc(Br)ccc2O[C@H]3c2ccc(OC)c(OC)c2)cc1OC. The monoisotopic (exact) mass is 524 g/mol. The van der Waals surface area contributed by atoms with E-state index in [9.17, 15) is 0 Å². The topological polar surface area (TPSA) is 61.8 Å². The first-order valence-electron chi connectivity index (χ1n) is 10.8. The number of fused-ring (bicyclic) bond motifs is 3. The summed E-state index contributed by atoms with van der Waals surface area (Å²) in [5, 5.41) is 7.07. The summed E-state index contributed by atoms with van der Waals surface area (Å²) in [6, 6.07) is 17.8. The van der Waals surface area contributed by atoms with Crippen molar-refractivity contribution in [2.45, 2.75) is 18.7 Å². The average molecular weight is 525 g/mol. The molecule has 0 radical (unpaired) electrons. The molecule has 2 aliphatic rings. The van der Waals surface area contributed by atoms with Crippen LogP contribution in [0.4, 0.5) is 0 Å². The average Bonchev–Trinajstić information content (AvgIpc) is 3.33. The first-order valence-corrected chi connectivity index (χ1v) is 11.6. The zero-order valence-electron chi connectivity index (χ0n) is 19.4. The highest BCUT2D eigenvalue weighted by atomic mass is 79.9. The zero-order chi connectivity index (χ0) is 23.8. The van der Waals surface area contributed by atoms with Crippen LogP contribution in [0.2, 0.25) is 0 Å². The number of ether oxygens (including phenoxy) is 5. The van der Waals surface area contributed by atoms with Gasteiger partial charge < -0.3 is 23.7 Å². The summed E-state index contributed by atoms with van der Waals surface area (Å²) in [4.78, 5) is 0. The normalized spacial score (nSPS) is 18.4. The van der Waals surface area contributed by atoms with Gasteiger partial charge in [-0.25, -0.2) is 5.01 Å². The van der Waals surface area contributed by atoms with E-state index in [2.05, 4.69) is 22.0 Å². The van der Waals surface area contributed by atoms with E-state index in [1.165, 1.54) is 0 Å². The van der Waals surface area contributed by atoms with Gasteiger partial charge in [0.15, 0.2) is 23.0 Å². The molecule has 0 saturated heterocycles. The first kappa shape index (κ1) is 22.4. The fraction of sp³-hybridized carbons (Fsp3) is 0.269. The van der Waals surface area contributed by atoms with E-state index in [1.54, 1.807) is 28.4 Å². The molecule has 0 saturated carbocycles. The van der Waals surface area contributed by atoms with Gasteiger partial charge in [-0.15, -0.1) is 0 Å². The quantitative estimate of drug-likeness (QED) is 0.410. The van der Waals surface area contributed by atoms with Crippen LogP contribution in [-0.2, 0) is 0 Å². The molecule has 3 aromatic carbocycles. The van der Waals surface area contributed by atoms with Crippen molar-refractivity contribution in [2.75, 3.05) is 28.4 Å². The van der Waals surface area contributed by atoms with Gasteiger partial charge >= 0.3 is 0 Å². The number of nitrogens with zero attached hydrogens (tertiary/aromatic N) is 2. The third-order valence-electron chi connectivity index (χ3n) is 6.16. The largest absolute Gasteiger partial charge is 0.493 e. The summed E-state index contributed by atoms with van der Waals surface area (Å²) in [5.74, 6) is 3.50. The van der Waals surface area contributed by atoms with Crippen LogP contribution in [0.15, 0.2) is 64.2 Å². The molecule has 2 heterocycles. The molecule has 2 aliphatic heterocycles. The maximum atomic E-state index is 6.48. The van der Waals surface area contributed by atoms with Crippen molar-refractivity contribution >= 4 is 21.6 Å². The van der Waals surface area contributed by atoms with Crippen LogP contribution in [0.3, 0.4) is 0 Å². The summed E-state index contributed by atoms with van der Waals surface area (Å²) < 4.78 is 29.3. The lowest BCUT2D eigenvalue weighted by Crippen LogP contribution is -2.33. The number of methoxy groups -OCH3 is 4. The summed E-state index contributed by atoms with van der Waals surface area (Å²) in [6.45, 7) is 0. The molecular weight excluding hydrogens is 500 g/mol. The fourth-order valence-corrected chi connectivity index (χ4v) is 4.85. The minimum absolute atomic E-state index is 0.0162. The maximum Gasteiger partial charge on any atom is 0.214 e. The van der Waals surface area contributed by atoms with Gasteiger partial charge in [0.1, 0.15) is 5.75 Å². The van der Waals surface area contributed by atoms with Gasteiger partial charge in [0, 0.05) is 27.6 Å². The fourth-order valence-electron chi connectivity index (χ4n) is 4.47. The summed E-state index contributed by atoms with van der Waals surface area (Å²) in [5.41, 5.74) is 3.95. The van der Waals surface area contributed by atoms with E-state index in [1.807, 2.05) is 53.5 Å². The van der Waals surface area contributed by atoms with E-state index in [0.717, 1.165) is 39.0 Å². The number of rotatable bonds is 6. The number of halogens is 1. The lowest BCUT2D eigenvalue weighted by Gasteiger charge is -2.38. The highest BCUT2D eigenvalue weighted by Gasteiger charge is 2.41. The molecule has 0 fully saturated rings. The molecule has 0 aromatic heterocycles. The minimum atomic E-state index is -0.420. The van der Waals surface area contributed by atoms with E-state index in [4.69, 9.17) is 28.8 Å². The van der Waals surface area contributed by atoms with Gasteiger partial charge in [-0.3, -0.25) is 0 Å². The van der Waals surface area contributed by atoms with Gasteiger partial charge in [-0.05, 0) is 54.6 Å². The zero-order valence-corrected chi connectivity index (χ0v) is 21.0. The highest BCUT2D eigenvalue weighted by Crippen LogP contribution is 2.49. The summed E-state index contributed by atoms with van der Waals surface area (Å²) in [6.07, 6.45) is 0.308. The van der Waals surface area contributed by atoms with Crippen LogP contribution < -0.4 is 23.7 Å². The summed E-state index contributed by atoms with van der Waals surface area (Å²) in [7, 11) is 6.52.